The van der Waals surface area contributed by atoms with Crippen molar-refractivity contribution in [3.05, 3.63) is 75.9 Å². The number of hydrogen-bond donors (Lipinski definition) is 0. The Kier molecular flexibility index (Phi) is 5.88. The van der Waals surface area contributed by atoms with Gasteiger partial charge in [-0.05, 0) is 53.1 Å². The lowest BCUT2D eigenvalue weighted by atomic mass is 10.1. The second kappa shape index (κ2) is 8.31. The number of halogens is 1. The Morgan fingerprint density at radius 3 is 2.42 bits per heavy atom. The van der Waals surface area contributed by atoms with Crippen LogP contribution in [-0.4, -0.2) is 25.0 Å². The van der Waals surface area contributed by atoms with Crippen LogP contribution in [0.2, 0.25) is 0 Å². The molecule has 3 rings (SSSR count). The number of carbonyl (C=O) groups excluding carboxylic acids is 2. The van der Waals surface area contributed by atoms with E-state index in [1.807, 2.05) is 61.5 Å². The molecule has 26 heavy (non-hydrogen) atoms. The Morgan fingerprint density at radius 1 is 0.962 bits per heavy atom. The van der Waals surface area contributed by atoms with Crippen LogP contribution < -0.4 is 4.90 Å². The lowest BCUT2D eigenvalue weighted by molar-refractivity contribution is -0.121. The Bertz CT molecular complexity index is 949. The number of fused-ring (bicyclic) bond motifs is 1. The molecule has 0 bridgehead atoms. The number of ether oxygens (including phenoxy) is 1. The van der Waals surface area contributed by atoms with E-state index in [9.17, 15) is 9.59 Å². The topological polar surface area (TPSA) is 46.6 Å². The number of amides is 1. The van der Waals surface area contributed by atoms with E-state index in [0.29, 0.717) is 12.1 Å². The lowest BCUT2D eigenvalue weighted by Crippen LogP contribution is -2.34. The van der Waals surface area contributed by atoms with Gasteiger partial charge in [0.2, 0.25) is 0 Å². The molecular formula is C21H18INO3. The van der Waals surface area contributed by atoms with Gasteiger partial charge in [-0.3, -0.25) is 4.79 Å². The first kappa shape index (κ1) is 18.4. The first-order valence-electron chi connectivity index (χ1n) is 8.31. The molecule has 0 heterocycles. The molecule has 1 amide bonds. The monoisotopic (exact) mass is 459 g/mol. The van der Waals surface area contributed by atoms with Crippen molar-refractivity contribution in [3.63, 3.8) is 0 Å². The summed E-state index contributed by atoms with van der Waals surface area (Å²) in [6, 6.07) is 20.9. The minimum absolute atomic E-state index is 0.247. The fourth-order valence-corrected chi connectivity index (χ4v) is 3.44. The van der Waals surface area contributed by atoms with Crippen LogP contribution in [-0.2, 0) is 9.53 Å². The summed E-state index contributed by atoms with van der Waals surface area (Å²) >= 11 is 2.08. The van der Waals surface area contributed by atoms with Gasteiger partial charge in [-0.2, -0.15) is 0 Å². The van der Waals surface area contributed by atoms with Crippen LogP contribution in [0.25, 0.3) is 10.8 Å². The molecule has 0 spiro atoms. The van der Waals surface area contributed by atoms with Crippen LogP contribution >= 0.6 is 22.6 Å². The van der Waals surface area contributed by atoms with E-state index in [4.69, 9.17) is 4.74 Å². The maximum atomic E-state index is 12.7. The normalized spacial score (nSPS) is 10.5. The summed E-state index contributed by atoms with van der Waals surface area (Å²) < 4.78 is 6.05. The largest absolute Gasteiger partial charge is 0.452 e. The third-order valence-electron chi connectivity index (χ3n) is 4.10. The van der Waals surface area contributed by atoms with E-state index >= 15 is 0 Å². The van der Waals surface area contributed by atoms with Crippen molar-refractivity contribution < 1.29 is 14.3 Å². The van der Waals surface area contributed by atoms with Crippen molar-refractivity contribution in [1.82, 2.24) is 0 Å². The van der Waals surface area contributed by atoms with Gasteiger partial charge in [0.15, 0.2) is 6.61 Å². The van der Waals surface area contributed by atoms with Crippen LogP contribution in [0.15, 0.2) is 66.7 Å². The SMILES string of the molecule is CCN(C(=O)COC(=O)c1ccccc1I)c1cccc2ccccc12. The summed E-state index contributed by atoms with van der Waals surface area (Å²) in [6.45, 7) is 2.11. The molecule has 0 aliphatic rings. The molecule has 3 aromatic rings. The second-order valence-electron chi connectivity index (χ2n) is 5.69. The highest BCUT2D eigenvalue weighted by Crippen LogP contribution is 2.26. The van der Waals surface area contributed by atoms with Crippen LogP contribution in [0.1, 0.15) is 17.3 Å². The number of likely N-dealkylation sites (N-methyl/N-ethyl adjacent to an activating group) is 1. The molecule has 0 saturated heterocycles. The number of carbonyl (C=O) groups is 2. The van der Waals surface area contributed by atoms with Gasteiger partial charge in [0.05, 0.1) is 11.3 Å². The van der Waals surface area contributed by atoms with E-state index < -0.39 is 5.97 Å². The molecule has 0 fully saturated rings. The molecule has 0 aliphatic heterocycles. The summed E-state index contributed by atoms with van der Waals surface area (Å²) in [7, 11) is 0. The zero-order valence-electron chi connectivity index (χ0n) is 14.3. The smallest absolute Gasteiger partial charge is 0.339 e. The molecule has 0 aromatic heterocycles. The van der Waals surface area contributed by atoms with Crippen LogP contribution in [0.3, 0.4) is 0 Å². The van der Waals surface area contributed by atoms with Crippen molar-refractivity contribution in [2.45, 2.75) is 6.92 Å². The highest BCUT2D eigenvalue weighted by atomic mass is 127. The Labute approximate surface area is 165 Å². The quantitative estimate of drug-likeness (QED) is 0.412. The molecule has 0 radical (unpaired) electrons. The van der Waals surface area contributed by atoms with Gasteiger partial charge >= 0.3 is 5.97 Å². The highest BCUT2D eigenvalue weighted by Gasteiger charge is 2.19. The minimum atomic E-state index is -0.489. The Hall–Kier alpha value is -2.41. The highest BCUT2D eigenvalue weighted by molar-refractivity contribution is 14.1. The average Bonchev–Trinajstić information content (AvgIpc) is 2.67. The fourth-order valence-electron chi connectivity index (χ4n) is 2.83. The molecule has 0 N–H and O–H groups in total. The third-order valence-corrected chi connectivity index (χ3v) is 5.04. The molecule has 3 aromatic carbocycles. The molecule has 0 atom stereocenters. The number of esters is 1. The summed E-state index contributed by atoms with van der Waals surface area (Å²) in [5.74, 6) is -0.736. The average molecular weight is 459 g/mol. The van der Waals surface area contributed by atoms with E-state index in [1.165, 1.54) is 0 Å². The standard InChI is InChI=1S/C21H18INO3/c1-2-23(19-13-7-9-15-8-3-4-10-16(15)19)20(24)14-26-21(25)17-11-5-6-12-18(17)22/h3-13H,2,14H2,1H3. The van der Waals surface area contributed by atoms with E-state index in [0.717, 1.165) is 20.0 Å². The second-order valence-corrected chi connectivity index (χ2v) is 6.85. The molecular weight excluding hydrogens is 441 g/mol. The van der Waals surface area contributed by atoms with Crippen molar-refractivity contribution in [2.75, 3.05) is 18.1 Å². The van der Waals surface area contributed by atoms with Crippen molar-refractivity contribution in [1.29, 1.82) is 0 Å². The summed E-state index contributed by atoms with van der Waals surface area (Å²) in [6.07, 6.45) is 0. The Balaban J connectivity index is 1.77. The maximum absolute atomic E-state index is 12.7. The first-order valence-corrected chi connectivity index (χ1v) is 9.39. The van der Waals surface area contributed by atoms with Gasteiger partial charge in [-0.15, -0.1) is 0 Å². The zero-order valence-corrected chi connectivity index (χ0v) is 16.5. The maximum Gasteiger partial charge on any atom is 0.339 e. The van der Waals surface area contributed by atoms with Gasteiger partial charge in [0.25, 0.3) is 5.91 Å². The number of nitrogens with zero attached hydrogens (tertiary/aromatic N) is 1. The van der Waals surface area contributed by atoms with E-state index in [2.05, 4.69) is 22.6 Å². The molecule has 0 unspecified atom stereocenters. The predicted octanol–water partition coefficient (Wildman–Crippen LogP) is 4.65. The van der Waals surface area contributed by atoms with Gasteiger partial charge in [0, 0.05) is 15.5 Å². The minimum Gasteiger partial charge on any atom is -0.452 e. The summed E-state index contributed by atoms with van der Waals surface area (Å²) in [5.41, 5.74) is 1.29. The van der Waals surface area contributed by atoms with Crippen molar-refractivity contribution >= 4 is 50.9 Å². The van der Waals surface area contributed by atoms with Gasteiger partial charge in [-0.1, -0.05) is 48.5 Å². The van der Waals surface area contributed by atoms with Crippen molar-refractivity contribution in [2.24, 2.45) is 0 Å². The molecule has 0 aliphatic carbocycles. The number of rotatable bonds is 5. The molecule has 132 valence electrons. The fraction of sp³-hybridized carbons (Fsp3) is 0.143. The number of hydrogen-bond acceptors (Lipinski definition) is 3. The summed E-state index contributed by atoms with van der Waals surface area (Å²) in [4.78, 5) is 26.6. The zero-order chi connectivity index (χ0) is 18.5. The van der Waals surface area contributed by atoms with Gasteiger partial charge < -0.3 is 9.64 Å². The molecule has 5 heteroatoms. The van der Waals surface area contributed by atoms with Gasteiger partial charge in [0.1, 0.15) is 0 Å². The first-order chi connectivity index (χ1) is 12.6. The van der Waals surface area contributed by atoms with Crippen molar-refractivity contribution in [3.8, 4) is 0 Å². The van der Waals surface area contributed by atoms with Crippen LogP contribution in [0.4, 0.5) is 5.69 Å². The summed E-state index contributed by atoms with van der Waals surface area (Å²) in [5, 5.41) is 2.06. The third kappa shape index (κ3) is 3.88. The molecule has 4 nitrogen and oxygen atoms in total. The Morgan fingerprint density at radius 2 is 1.65 bits per heavy atom. The number of anilines is 1. The number of benzene rings is 3. The van der Waals surface area contributed by atoms with Gasteiger partial charge in [-0.25, -0.2) is 4.79 Å². The lowest BCUT2D eigenvalue weighted by Gasteiger charge is -2.22. The van der Waals surface area contributed by atoms with E-state index in [-0.39, 0.29) is 12.5 Å². The predicted molar refractivity (Wildman–Crippen MR) is 111 cm³/mol. The molecule has 0 saturated carbocycles. The van der Waals surface area contributed by atoms with E-state index in [1.54, 1.807) is 17.0 Å². The van der Waals surface area contributed by atoms with Crippen LogP contribution in [0, 0.1) is 3.57 Å². The van der Waals surface area contributed by atoms with Crippen LogP contribution in [0.5, 0.6) is 0 Å².